The molecule has 1 aromatic carbocycles. The molecule has 0 aromatic heterocycles. The molecule has 2 amide bonds. The van der Waals surface area contributed by atoms with Gasteiger partial charge in [-0.15, -0.1) is 0 Å². The zero-order valence-electron chi connectivity index (χ0n) is 12.0. The number of nitrogens with two attached hydrogens (primary N) is 1. The van der Waals surface area contributed by atoms with Gasteiger partial charge in [0.05, 0.1) is 18.8 Å². The van der Waals surface area contributed by atoms with Crippen LogP contribution in [0.25, 0.3) is 0 Å². The molecule has 112 valence electrons. The van der Waals surface area contributed by atoms with Gasteiger partial charge in [-0.3, -0.25) is 9.59 Å². The lowest BCUT2D eigenvalue weighted by Crippen LogP contribution is -2.54. The molecule has 0 bridgehead atoms. The van der Waals surface area contributed by atoms with Crippen molar-refractivity contribution in [1.29, 1.82) is 0 Å². The zero-order valence-corrected chi connectivity index (χ0v) is 12.0. The molecule has 2 N–H and O–H groups in total. The molecule has 1 saturated heterocycles. The second-order valence-corrected chi connectivity index (χ2v) is 5.70. The number of fused-ring (bicyclic) bond motifs is 1. The van der Waals surface area contributed by atoms with Gasteiger partial charge in [0.1, 0.15) is 0 Å². The Bertz CT molecular complexity index is 539. The lowest BCUT2D eigenvalue weighted by atomic mass is 9.89. The van der Waals surface area contributed by atoms with Gasteiger partial charge < -0.3 is 15.4 Å². The number of amides is 2. The van der Waals surface area contributed by atoms with Crippen molar-refractivity contribution < 1.29 is 14.3 Å². The number of benzene rings is 1. The maximum Gasteiger partial charge on any atom is 0.254 e. The Kier molecular flexibility index (Phi) is 3.92. The molecule has 1 saturated carbocycles. The van der Waals surface area contributed by atoms with Crippen LogP contribution < -0.4 is 5.73 Å². The van der Waals surface area contributed by atoms with Gasteiger partial charge in [0.2, 0.25) is 5.91 Å². The fraction of sp³-hybridized carbons (Fsp3) is 0.500. The molecule has 2 atom stereocenters. The first kappa shape index (κ1) is 14.1. The summed E-state index contributed by atoms with van der Waals surface area (Å²) in [4.78, 5) is 25.7. The minimum absolute atomic E-state index is 0.0196. The molecule has 1 aromatic rings. The monoisotopic (exact) mass is 288 g/mol. The third kappa shape index (κ3) is 2.78. The molecule has 1 aliphatic carbocycles. The van der Waals surface area contributed by atoms with Crippen molar-refractivity contribution in [3.8, 4) is 0 Å². The summed E-state index contributed by atoms with van der Waals surface area (Å²) < 4.78 is 5.79. The van der Waals surface area contributed by atoms with Gasteiger partial charge in [0, 0.05) is 17.7 Å². The normalized spacial score (nSPS) is 25.2. The van der Waals surface area contributed by atoms with Gasteiger partial charge in [-0.1, -0.05) is 12.8 Å². The lowest BCUT2D eigenvalue weighted by molar-refractivity contribution is -0.0752. The molecule has 2 fully saturated rings. The van der Waals surface area contributed by atoms with Crippen LogP contribution in [0, 0.1) is 0 Å². The number of ether oxygens (including phenoxy) is 1. The van der Waals surface area contributed by atoms with Crippen LogP contribution in [0.4, 0.5) is 0 Å². The van der Waals surface area contributed by atoms with E-state index in [9.17, 15) is 9.59 Å². The first-order valence-electron chi connectivity index (χ1n) is 7.49. The summed E-state index contributed by atoms with van der Waals surface area (Å²) in [6, 6.07) is 6.75. The molecular weight excluding hydrogens is 268 g/mol. The second-order valence-electron chi connectivity index (χ2n) is 5.70. The van der Waals surface area contributed by atoms with Crippen LogP contribution >= 0.6 is 0 Å². The number of primary amides is 1. The standard InChI is InChI=1S/C16H20N2O3/c17-15(19)11-5-7-12(8-6-11)16(20)18-9-10-21-14-4-2-1-3-13(14)18/h5-8,13-14H,1-4,9-10H2,(H2,17,19). The number of carbonyl (C=O) groups is 2. The Balaban J connectivity index is 1.78. The van der Waals surface area contributed by atoms with E-state index in [1.54, 1.807) is 24.3 Å². The smallest absolute Gasteiger partial charge is 0.254 e. The van der Waals surface area contributed by atoms with Crippen LogP contribution in [0.2, 0.25) is 0 Å². The summed E-state index contributed by atoms with van der Waals surface area (Å²) >= 11 is 0. The third-order valence-corrected chi connectivity index (χ3v) is 4.41. The van der Waals surface area contributed by atoms with Gasteiger partial charge in [0.15, 0.2) is 0 Å². The first-order valence-corrected chi connectivity index (χ1v) is 7.49. The van der Waals surface area contributed by atoms with Gasteiger partial charge in [-0.25, -0.2) is 0 Å². The van der Waals surface area contributed by atoms with Gasteiger partial charge in [-0.05, 0) is 37.1 Å². The highest BCUT2D eigenvalue weighted by atomic mass is 16.5. The van der Waals surface area contributed by atoms with Crippen molar-refractivity contribution in [2.75, 3.05) is 13.2 Å². The van der Waals surface area contributed by atoms with Crippen molar-refractivity contribution in [2.24, 2.45) is 5.73 Å². The molecule has 5 heteroatoms. The molecule has 2 aliphatic rings. The Labute approximate surface area is 124 Å². The minimum Gasteiger partial charge on any atom is -0.374 e. The highest BCUT2D eigenvalue weighted by Crippen LogP contribution is 2.29. The third-order valence-electron chi connectivity index (χ3n) is 4.41. The van der Waals surface area contributed by atoms with Crippen molar-refractivity contribution in [2.45, 2.75) is 37.8 Å². The van der Waals surface area contributed by atoms with E-state index in [0.717, 1.165) is 19.3 Å². The Morgan fingerprint density at radius 1 is 1.10 bits per heavy atom. The highest BCUT2D eigenvalue weighted by Gasteiger charge is 2.36. The largest absolute Gasteiger partial charge is 0.374 e. The number of carbonyl (C=O) groups excluding carboxylic acids is 2. The van der Waals surface area contributed by atoms with E-state index in [1.807, 2.05) is 4.90 Å². The molecule has 1 aliphatic heterocycles. The molecule has 0 spiro atoms. The quantitative estimate of drug-likeness (QED) is 0.897. The van der Waals surface area contributed by atoms with Crippen LogP contribution in [0.15, 0.2) is 24.3 Å². The molecule has 21 heavy (non-hydrogen) atoms. The fourth-order valence-electron chi connectivity index (χ4n) is 3.29. The molecule has 1 heterocycles. The molecule has 2 unspecified atom stereocenters. The lowest BCUT2D eigenvalue weighted by Gasteiger charge is -2.43. The number of morpholine rings is 1. The van der Waals surface area contributed by atoms with Gasteiger partial charge >= 0.3 is 0 Å². The summed E-state index contributed by atoms with van der Waals surface area (Å²) in [5, 5.41) is 0. The molecule has 3 rings (SSSR count). The average Bonchev–Trinajstić information content (AvgIpc) is 2.53. The number of hydrogen-bond acceptors (Lipinski definition) is 3. The van der Waals surface area contributed by atoms with Gasteiger partial charge in [-0.2, -0.15) is 0 Å². The summed E-state index contributed by atoms with van der Waals surface area (Å²) in [5.74, 6) is -0.459. The van der Waals surface area contributed by atoms with E-state index in [2.05, 4.69) is 0 Å². The number of rotatable bonds is 2. The topological polar surface area (TPSA) is 72.6 Å². The van der Waals surface area contributed by atoms with Gasteiger partial charge in [0.25, 0.3) is 5.91 Å². The number of nitrogens with zero attached hydrogens (tertiary/aromatic N) is 1. The van der Waals surface area contributed by atoms with Crippen molar-refractivity contribution in [3.05, 3.63) is 35.4 Å². The van der Waals surface area contributed by atoms with Crippen LogP contribution in [0.1, 0.15) is 46.4 Å². The van der Waals surface area contributed by atoms with E-state index < -0.39 is 5.91 Å². The maximum absolute atomic E-state index is 12.7. The summed E-state index contributed by atoms with van der Waals surface area (Å²) in [6.07, 6.45) is 4.55. The van der Waals surface area contributed by atoms with E-state index in [1.165, 1.54) is 6.42 Å². The predicted molar refractivity (Wildman–Crippen MR) is 78.0 cm³/mol. The number of hydrogen-bond donors (Lipinski definition) is 1. The summed E-state index contributed by atoms with van der Waals surface area (Å²) in [7, 11) is 0. The zero-order chi connectivity index (χ0) is 14.8. The van der Waals surface area contributed by atoms with Crippen molar-refractivity contribution in [3.63, 3.8) is 0 Å². The van der Waals surface area contributed by atoms with Crippen molar-refractivity contribution >= 4 is 11.8 Å². The average molecular weight is 288 g/mol. The Morgan fingerprint density at radius 3 is 2.48 bits per heavy atom. The highest BCUT2D eigenvalue weighted by molar-refractivity contribution is 5.97. The summed E-state index contributed by atoms with van der Waals surface area (Å²) in [6.45, 7) is 1.24. The molecule has 5 nitrogen and oxygen atoms in total. The minimum atomic E-state index is -0.479. The SMILES string of the molecule is NC(=O)c1ccc(C(=O)N2CCOC3CCCCC32)cc1. The molecular formula is C16H20N2O3. The van der Waals surface area contributed by atoms with E-state index in [4.69, 9.17) is 10.5 Å². The fourth-order valence-corrected chi connectivity index (χ4v) is 3.29. The first-order chi connectivity index (χ1) is 10.2. The second kappa shape index (κ2) is 5.85. The van der Waals surface area contributed by atoms with Crippen molar-refractivity contribution in [1.82, 2.24) is 4.90 Å². The van der Waals surface area contributed by atoms with Crippen LogP contribution in [0.5, 0.6) is 0 Å². The Morgan fingerprint density at radius 2 is 1.76 bits per heavy atom. The van der Waals surface area contributed by atoms with Crippen LogP contribution in [-0.2, 0) is 4.74 Å². The van der Waals surface area contributed by atoms with E-state index in [-0.39, 0.29) is 18.1 Å². The molecule has 0 radical (unpaired) electrons. The van der Waals surface area contributed by atoms with Crippen LogP contribution in [-0.4, -0.2) is 42.0 Å². The Hall–Kier alpha value is -1.88. The van der Waals surface area contributed by atoms with Crippen LogP contribution in [0.3, 0.4) is 0 Å². The predicted octanol–water partition coefficient (Wildman–Crippen LogP) is 1.57. The maximum atomic E-state index is 12.7. The summed E-state index contributed by atoms with van der Waals surface area (Å²) in [5.41, 5.74) is 6.24. The van der Waals surface area contributed by atoms with E-state index in [0.29, 0.717) is 24.3 Å². The van der Waals surface area contributed by atoms with E-state index >= 15 is 0 Å².